The Morgan fingerprint density at radius 3 is 2.80 bits per heavy atom. The maximum atomic E-state index is 14.2. The number of imidazole rings is 1. The smallest absolute Gasteiger partial charge is 0.227 e. The summed E-state index contributed by atoms with van der Waals surface area (Å²) < 4.78 is 16.2. The zero-order valence-corrected chi connectivity index (χ0v) is 17.2. The van der Waals surface area contributed by atoms with Crippen molar-refractivity contribution < 1.29 is 14.6 Å². The van der Waals surface area contributed by atoms with E-state index < -0.39 is 11.8 Å². The Labute approximate surface area is 173 Å². The van der Waals surface area contributed by atoms with Crippen molar-refractivity contribution in [1.29, 1.82) is 0 Å². The molecule has 0 amide bonds. The molecule has 160 valence electrons. The van der Waals surface area contributed by atoms with Gasteiger partial charge in [-0.1, -0.05) is 0 Å². The summed E-state index contributed by atoms with van der Waals surface area (Å²) in [7, 11) is 0. The second-order valence-corrected chi connectivity index (χ2v) is 8.10. The number of halogens is 1. The van der Waals surface area contributed by atoms with Crippen molar-refractivity contribution >= 4 is 28.6 Å². The van der Waals surface area contributed by atoms with Gasteiger partial charge in [-0.3, -0.25) is 0 Å². The van der Waals surface area contributed by atoms with Crippen LogP contribution in [-0.2, 0) is 6.61 Å². The fraction of sp³-hybridized carbons (Fsp3) is 0.500. The molecule has 3 aromatic rings. The molecule has 4 rings (SSSR count). The summed E-state index contributed by atoms with van der Waals surface area (Å²) in [6, 6.07) is 3.70. The maximum Gasteiger partial charge on any atom is 0.227 e. The van der Waals surface area contributed by atoms with Crippen LogP contribution in [0.15, 0.2) is 24.5 Å². The van der Waals surface area contributed by atoms with Gasteiger partial charge in [0.05, 0.1) is 23.9 Å². The topological polar surface area (TPSA) is 112 Å². The molecule has 0 unspecified atom stereocenters. The van der Waals surface area contributed by atoms with E-state index in [4.69, 9.17) is 0 Å². The third-order valence-corrected chi connectivity index (χ3v) is 5.43. The number of nitrogens with one attached hydrogen (secondary N) is 1. The molecule has 0 saturated carbocycles. The molecular formula is C20H26FN7O2. The van der Waals surface area contributed by atoms with Gasteiger partial charge < -0.3 is 25.0 Å². The highest BCUT2D eigenvalue weighted by Crippen LogP contribution is 2.28. The van der Waals surface area contributed by atoms with Crippen LogP contribution in [0.1, 0.15) is 39.1 Å². The summed E-state index contributed by atoms with van der Waals surface area (Å²) in [4.78, 5) is 19.3. The highest BCUT2D eigenvalue weighted by Gasteiger charge is 2.38. The van der Waals surface area contributed by atoms with Crippen molar-refractivity contribution in [3.05, 3.63) is 30.4 Å². The van der Waals surface area contributed by atoms with Gasteiger partial charge in [0, 0.05) is 24.8 Å². The van der Waals surface area contributed by atoms with Crippen LogP contribution < -0.4 is 10.2 Å². The summed E-state index contributed by atoms with van der Waals surface area (Å²) in [6.45, 7) is 5.93. The first-order valence-electron chi connectivity index (χ1n) is 9.97. The number of alkyl halides is 1. The van der Waals surface area contributed by atoms with E-state index in [1.165, 1.54) is 6.92 Å². The second-order valence-electron chi connectivity index (χ2n) is 8.10. The first kappa shape index (κ1) is 20.4. The number of aromatic nitrogens is 5. The van der Waals surface area contributed by atoms with Crippen LogP contribution in [0.4, 0.5) is 22.0 Å². The molecule has 9 nitrogen and oxygen atoms in total. The van der Waals surface area contributed by atoms with E-state index in [0.29, 0.717) is 41.9 Å². The van der Waals surface area contributed by atoms with Crippen molar-refractivity contribution in [1.82, 2.24) is 24.5 Å². The molecule has 0 aromatic carbocycles. The average molecular weight is 415 g/mol. The normalized spacial score (nSPS) is 22.1. The number of aliphatic hydroxyl groups excluding tert-OH is 1. The third kappa shape index (κ3) is 3.80. The number of nitrogens with zero attached hydrogens (tertiary/aromatic N) is 6. The predicted molar refractivity (Wildman–Crippen MR) is 112 cm³/mol. The molecule has 30 heavy (non-hydrogen) atoms. The lowest BCUT2D eigenvalue weighted by Crippen LogP contribution is -2.52. The van der Waals surface area contributed by atoms with Gasteiger partial charge in [0.25, 0.3) is 0 Å². The van der Waals surface area contributed by atoms with E-state index in [2.05, 4.69) is 25.3 Å². The van der Waals surface area contributed by atoms with Crippen molar-refractivity contribution in [2.45, 2.75) is 51.6 Å². The van der Waals surface area contributed by atoms with Crippen LogP contribution in [0, 0.1) is 0 Å². The molecule has 10 heteroatoms. The van der Waals surface area contributed by atoms with E-state index in [9.17, 15) is 14.6 Å². The molecule has 3 N–H and O–H groups in total. The van der Waals surface area contributed by atoms with Crippen molar-refractivity contribution in [3.8, 4) is 0 Å². The van der Waals surface area contributed by atoms with Crippen LogP contribution in [0.2, 0.25) is 0 Å². The number of piperidine rings is 1. The highest BCUT2D eigenvalue weighted by molar-refractivity contribution is 5.79. The van der Waals surface area contributed by atoms with Gasteiger partial charge >= 0.3 is 0 Å². The minimum absolute atomic E-state index is 0.0399. The zero-order valence-electron chi connectivity index (χ0n) is 17.2. The summed E-state index contributed by atoms with van der Waals surface area (Å²) in [6.07, 6.45) is 2.19. The molecule has 1 aliphatic rings. The highest BCUT2D eigenvalue weighted by atomic mass is 19.1. The lowest BCUT2D eigenvalue weighted by Gasteiger charge is -2.38. The lowest BCUT2D eigenvalue weighted by molar-refractivity contribution is -0.0332. The minimum Gasteiger partial charge on any atom is -0.388 e. The van der Waals surface area contributed by atoms with Gasteiger partial charge in [-0.2, -0.15) is 4.98 Å². The Balaban J connectivity index is 1.58. The number of rotatable bonds is 5. The van der Waals surface area contributed by atoms with Crippen molar-refractivity contribution in [2.24, 2.45) is 0 Å². The molecule has 4 heterocycles. The molecule has 0 radical (unpaired) electrons. The van der Waals surface area contributed by atoms with E-state index in [-0.39, 0.29) is 19.2 Å². The standard InChI is InChI=1S/C20H26FN7O2/c1-12(2)28-14-8-17(23-9-13(14)24-18(28)11-29)25-16-4-6-22-19(26-16)27-7-5-20(3,30)15(21)10-27/h4,6,8-9,12,15,29-30H,5,7,10-11H2,1-3H3,(H,22,23,25,26)/t15-,20+/m1/s1. The van der Waals surface area contributed by atoms with Crippen LogP contribution in [0.5, 0.6) is 0 Å². The molecule has 0 spiro atoms. The van der Waals surface area contributed by atoms with Gasteiger partial charge in [0.15, 0.2) is 0 Å². The lowest BCUT2D eigenvalue weighted by atomic mass is 9.92. The van der Waals surface area contributed by atoms with Crippen molar-refractivity contribution in [3.63, 3.8) is 0 Å². The van der Waals surface area contributed by atoms with Crippen LogP contribution in [-0.4, -0.2) is 59.6 Å². The average Bonchev–Trinajstić information content (AvgIpc) is 3.08. The largest absolute Gasteiger partial charge is 0.388 e. The Bertz CT molecular complexity index is 1050. The van der Waals surface area contributed by atoms with Gasteiger partial charge in [-0.15, -0.1) is 0 Å². The van der Waals surface area contributed by atoms with Gasteiger partial charge in [0.1, 0.15) is 35.8 Å². The van der Waals surface area contributed by atoms with Gasteiger partial charge in [0.2, 0.25) is 5.95 Å². The Hall–Kier alpha value is -2.85. The third-order valence-electron chi connectivity index (χ3n) is 5.43. The fourth-order valence-electron chi connectivity index (χ4n) is 3.69. The number of pyridine rings is 1. The first-order chi connectivity index (χ1) is 14.3. The predicted octanol–water partition coefficient (Wildman–Crippen LogP) is 2.34. The van der Waals surface area contributed by atoms with Crippen LogP contribution in [0.3, 0.4) is 0 Å². The van der Waals surface area contributed by atoms with Gasteiger partial charge in [-0.05, 0) is 33.3 Å². The van der Waals surface area contributed by atoms with E-state index >= 15 is 0 Å². The molecule has 0 bridgehead atoms. The zero-order chi connectivity index (χ0) is 21.5. The van der Waals surface area contributed by atoms with Crippen molar-refractivity contribution in [2.75, 3.05) is 23.3 Å². The molecule has 2 atom stereocenters. The molecule has 1 fully saturated rings. The Kier molecular flexibility index (Phi) is 5.29. The minimum atomic E-state index is -1.37. The molecule has 1 saturated heterocycles. The molecular weight excluding hydrogens is 389 g/mol. The molecule has 1 aliphatic heterocycles. The van der Waals surface area contributed by atoms with E-state index in [0.717, 1.165) is 5.52 Å². The van der Waals surface area contributed by atoms with E-state index in [1.807, 2.05) is 24.5 Å². The quantitative estimate of drug-likeness (QED) is 0.582. The number of fused-ring (bicyclic) bond motifs is 1. The number of aliphatic hydroxyl groups is 2. The summed E-state index contributed by atoms with van der Waals surface area (Å²) >= 11 is 0. The fourth-order valence-corrected chi connectivity index (χ4v) is 3.69. The molecule has 0 aliphatic carbocycles. The summed E-state index contributed by atoms with van der Waals surface area (Å²) in [5.74, 6) is 2.08. The Morgan fingerprint density at radius 1 is 1.30 bits per heavy atom. The SMILES string of the molecule is CC(C)n1c(CO)nc2cnc(Nc3ccnc(N4CC[C@](C)(O)[C@H](F)C4)n3)cc21. The Morgan fingerprint density at radius 2 is 2.10 bits per heavy atom. The molecule has 3 aromatic heterocycles. The summed E-state index contributed by atoms with van der Waals surface area (Å²) in [5, 5.41) is 22.8. The van der Waals surface area contributed by atoms with Gasteiger partial charge in [-0.25, -0.2) is 19.3 Å². The summed E-state index contributed by atoms with van der Waals surface area (Å²) in [5.41, 5.74) is 0.244. The maximum absolute atomic E-state index is 14.2. The monoisotopic (exact) mass is 415 g/mol. The number of hydrogen-bond acceptors (Lipinski definition) is 8. The van der Waals surface area contributed by atoms with Crippen LogP contribution >= 0.6 is 0 Å². The number of anilines is 3. The first-order valence-corrected chi connectivity index (χ1v) is 9.97. The number of hydrogen-bond donors (Lipinski definition) is 3. The van der Waals surface area contributed by atoms with Crippen LogP contribution in [0.25, 0.3) is 11.0 Å². The van der Waals surface area contributed by atoms with E-state index in [1.54, 1.807) is 23.4 Å². The second kappa shape index (κ2) is 7.77.